The van der Waals surface area contributed by atoms with E-state index in [1.54, 1.807) is 12.3 Å². The lowest BCUT2D eigenvalue weighted by atomic mass is 9.84. The number of hydrogen-bond acceptors (Lipinski definition) is 5. The Morgan fingerprint density at radius 3 is 2.59 bits per heavy atom. The quantitative estimate of drug-likeness (QED) is 0.557. The number of anilines is 1. The zero-order valence-electron chi connectivity index (χ0n) is 18.1. The predicted molar refractivity (Wildman–Crippen MR) is 116 cm³/mol. The molecule has 2 amide bonds. The third-order valence-electron chi connectivity index (χ3n) is 5.86. The fourth-order valence-corrected chi connectivity index (χ4v) is 3.88. The summed E-state index contributed by atoms with van der Waals surface area (Å²) in [5.74, 6) is 0.714. The second-order valence-electron chi connectivity index (χ2n) is 8.27. The van der Waals surface area contributed by atoms with Gasteiger partial charge in [0.1, 0.15) is 11.9 Å². The van der Waals surface area contributed by atoms with Gasteiger partial charge >= 0.3 is 0 Å². The van der Waals surface area contributed by atoms with Crippen molar-refractivity contribution in [1.82, 2.24) is 20.5 Å². The summed E-state index contributed by atoms with van der Waals surface area (Å²) >= 11 is 0. The van der Waals surface area contributed by atoms with E-state index in [-0.39, 0.29) is 17.9 Å². The molecule has 0 saturated heterocycles. The van der Waals surface area contributed by atoms with Gasteiger partial charge in [-0.3, -0.25) is 14.5 Å². The van der Waals surface area contributed by atoms with Crippen LogP contribution >= 0.6 is 0 Å². The Kier molecular flexibility index (Phi) is 9.38. The van der Waals surface area contributed by atoms with Crippen molar-refractivity contribution in [3.8, 4) is 0 Å². The van der Waals surface area contributed by atoms with Crippen molar-refractivity contribution in [2.24, 2.45) is 5.92 Å². The van der Waals surface area contributed by atoms with Gasteiger partial charge in [-0.25, -0.2) is 4.98 Å². The van der Waals surface area contributed by atoms with Gasteiger partial charge in [-0.1, -0.05) is 45.1 Å². The predicted octanol–water partition coefficient (Wildman–Crippen LogP) is 2.47. The largest absolute Gasteiger partial charge is 0.384 e. The molecule has 1 heterocycles. The molecule has 29 heavy (non-hydrogen) atoms. The van der Waals surface area contributed by atoms with Gasteiger partial charge in [-0.05, 0) is 50.9 Å². The van der Waals surface area contributed by atoms with E-state index >= 15 is 0 Å². The van der Waals surface area contributed by atoms with Crippen LogP contribution in [-0.4, -0.2) is 47.4 Å². The Morgan fingerprint density at radius 1 is 1.24 bits per heavy atom. The molecule has 0 spiro atoms. The topological polar surface area (TPSA) is 100 Å². The lowest BCUT2D eigenvalue weighted by molar-refractivity contribution is -0.132. The van der Waals surface area contributed by atoms with E-state index in [2.05, 4.69) is 22.5 Å². The van der Waals surface area contributed by atoms with Crippen LogP contribution in [0.5, 0.6) is 0 Å². The van der Waals surface area contributed by atoms with Crippen molar-refractivity contribution >= 4 is 17.6 Å². The SMILES string of the molecule is CCCN(C)[C@@H](C)C(=O)N[C@@H](CC1CCCCC1)C(=O)NCc1ccc(N)nc1. The van der Waals surface area contributed by atoms with Crippen molar-refractivity contribution in [2.45, 2.75) is 77.4 Å². The molecular weight excluding hydrogens is 366 g/mol. The molecule has 1 saturated carbocycles. The Bertz CT molecular complexity index is 643. The van der Waals surface area contributed by atoms with Crippen LogP contribution < -0.4 is 16.4 Å². The number of nitrogen functional groups attached to an aromatic ring is 1. The maximum atomic E-state index is 12.9. The number of amides is 2. The third-order valence-corrected chi connectivity index (χ3v) is 5.86. The van der Waals surface area contributed by atoms with Crippen LogP contribution in [0.25, 0.3) is 0 Å². The number of carbonyl (C=O) groups excluding carboxylic acids is 2. The Hall–Kier alpha value is -2.15. The van der Waals surface area contributed by atoms with E-state index < -0.39 is 6.04 Å². The minimum absolute atomic E-state index is 0.0916. The highest BCUT2D eigenvalue weighted by molar-refractivity contribution is 5.89. The van der Waals surface area contributed by atoms with Crippen LogP contribution in [0.4, 0.5) is 5.82 Å². The normalized spacial score (nSPS) is 17.0. The van der Waals surface area contributed by atoms with Crippen LogP contribution in [0.3, 0.4) is 0 Å². The second-order valence-corrected chi connectivity index (χ2v) is 8.27. The van der Waals surface area contributed by atoms with E-state index in [9.17, 15) is 9.59 Å². The molecule has 7 heteroatoms. The molecule has 2 atom stereocenters. The van der Waals surface area contributed by atoms with Crippen molar-refractivity contribution < 1.29 is 9.59 Å². The standard InChI is InChI=1S/C22H37N5O2/c1-4-12-27(3)16(2)21(28)26-19(13-17-8-6-5-7-9-17)22(29)25-15-18-10-11-20(23)24-14-18/h10-11,14,16-17,19H,4-9,12-13,15H2,1-3H3,(H2,23,24)(H,25,29)(H,26,28)/t16-,19-/m0/s1. The van der Waals surface area contributed by atoms with Crippen LogP contribution in [0.15, 0.2) is 18.3 Å². The molecule has 0 radical (unpaired) electrons. The zero-order chi connectivity index (χ0) is 21.2. The number of nitrogens with zero attached hydrogens (tertiary/aromatic N) is 2. The molecule has 0 aromatic carbocycles. The van der Waals surface area contributed by atoms with E-state index in [1.807, 2.05) is 24.9 Å². The highest BCUT2D eigenvalue weighted by Crippen LogP contribution is 2.27. The van der Waals surface area contributed by atoms with Crippen LogP contribution in [0.1, 0.15) is 64.4 Å². The summed E-state index contributed by atoms with van der Waals surface area (Å²) in [5, 5.41) is 5.98. The van der Waals surface area contributed by atoms with Crippen molar-refractivity contribution in [1.29, 1.82) is 0 Å². The summed E-state index contributed by atoms with van der Waals surface area (Å²) in [4.78, 5) is 31.8. The average molecular weight is 404 g/mol. The summed E-state index contributed by atoms with van der Waals surface area (Å²) in [6.45, 7) is 5.19. The summed E-state index contributed by atoms with van der Waals surface area (Å²) in [6, 6.07) is 2.79. The molecule has 4 N–H and O–H groups in total. The van der Waals surface area contributed by atoms with E-state index in [1.165, 1.54) is 19.3 Å². The lowest BCUT2D eigenvalue weighted by Gasteiger charge is -2.29. The smallest absolute Gasteiger partial charge is 0.242 e. The third kappa shape index (κ3) is 7.65. The Morgan fingerprint density at radius 2 is 1.97 bits per heavy atom. The van der Waals surface area contributed by atoms with Gasteiger partial charge in [0, 0.05) is 12.7 Å². The van der Waals surface area contributed by atoms with Crippen LogP contribution in [0, 0.1) is 5.92 Å². The molecule has 162 valence electrons. The minimum atomic E-state index is -0.509. The molecule has 1 aliphatic rings. The molecule has 1 aromatic rings. The number of hydrogen-bond donors (Lipinski definition) is 3. The Labute approximate surface area is 174 Å². The molecule has 0 aliphatic heterocycles. The molecule has 1 fully saturated rings. The minimum Gasteiger partial charge on any atom is -0.384 e. The highest BCUT2D eigenvalue weighted by atomic mass is 16.2. The number of nitrogens with two attached hydrogens (primary N) is 1. The first-order chi connectivity index (χ1) is 13.9. The first kappa shape index (κ1) is 23.1. The molecule has 1 aromatic heterocycles. The van der Waals surface area contributed by atoms with Gasteiger partial charge in [0.15, 0.2) is 0 Å². The average Bonchev–Trinajstić information content (AvgIpc) is 2.73. The van der Waals surface area contributed by atoms with Crippen molar-refractivity contribution in [2.75, 3.05) is 19.3 Å². The summed E-state index contributed by atoms with van der Waals surface area (Å²) in [5.41, 5.74) is 6.49. The summed E-state index contributed by atoms with van der Waals surface area (Å²) < 4.78 is 0. The summed E-state index contributed by atoms with van der Waals surface area (Å²) in [7, 11) is 1.94. The fraction of sp³-hybridized carbons (Fsp3) is 0.682. The van der Waals surface area contributed by atoms with Gasteiger partial charge in [0.25, 0.3) is 0 Å². The van der Waals surface area contributed by atoms with Gasteiger partial charge in [0.2, 0.25) is 11.8 Å². The van der Waals surface area contributed by atoms with Crippen LogP contribution in [0.2, 0.25) is 0 Å². The lowest BCUT2D eigenvalue weighted by Crippen LogP contribution is -2.52. The number of aromatic nitrogens is 1. The fourth-order valence-electron chi connectivity index (χ4n) is 3.88. The molecule has 1 aliphatic carbocycles. The zero-order valence-corrected chi connectivity index (χ0v) is 18.1. The highest BCUT2D eigenvalue weighted by Gasteiger charge is 2.28. The number of rotatable bonds is 10. The monoisotopic (exact) mass is 403 g/mol. The first-order valence-corrected chi connectivity index (χ1v) is 10.9. The van der Waals surface area contributed by atoms with Crippen molar-refractivity contribution in [3.05, 3.63) is 23.9 Å². The molecule has 0 unspecified atom stereocenters. The number of nitrogens with one attached hydrogen (secondary N) is 2. The van der Waals surface area contributed by atoms with Gasteiger partial charge < -0.3 is 16.4 Å². The maximum Gasteiger partial charge on any atom is 0.242 e. The number of likely N-dealkylation sites (N-methyl/N-ethyl adjacent to an activating group) is 1. The molecule has 2 rings (SSSR count). The number of pyridine rings is 1. The number of carbonyl (C=O) groups is 2. The summed E-state index contributed by atoms with van der Waals surface area (Å²) in [6.07, 6.45) is 9.28. The van der Waals surface area contributed by atoms with Crippen molar-refractivity contribution in [3.63, 3.8) is 0 Å². The molecule has 7 nitrogen and oxygen atoms in total. The van der Waals surface area contributed by atoms with E-state index in [0.717, 1.165) is 31.4 Å². The molecule has 0 bridgehead atoms. The Balaban J connectivity index is 1.99. The maximum absolute atomic E-state index is 12.9. The van der Waals surface area contributed by atoms with Gasteiger partial charge in [-0.15, -0.1) is 0 Å². The second kappa shape index (κ2) is 11.8. The van der Waals surface area contributed by atoms with Gasteiger partial charge in [-0.2, -0.15) is 0 Å². The first-order valence-electron chi connectivity index (χ1n) is 10.9. The van der Waals surface area contributed by atoms with Crippen LogP contribution in [-0.2, 0) is 16.1 Å². The van der Waals surface area contributed by atoms with Gasteiger partial charge in [0.05, 0.1) is 6.04 Å². The van der Waals surface area contributed by atoms with E-state index in [4.69, 9.17) is 5.73 Å². The van der Waals surface area contributed by atoms with E-state index in [0.29, 0.717) is 24.7 Å². The molecular formula is C22H37N5O2.